The first kappa shape index (κ1) is 13.8. The van der Waals surface area contributed by atoms with Gasteiger partial charge in [-0.1, -0.05) is 25.7 Å². The molecule has 0 aromatic carbocycles. The highest BCUT2D eigenvalue weighted by molar-refractivity contribution is 7.17. The molecule has 0 spiro atoms. The Bertz CT molecular complexity index is 620. The highest BCUT2D eigenvalue weighted by Gasteiger charge is 2.19. The van der Waals surface area contributed by atoms with E-state index in [4.69, 9.17) is 11.6 Å². The van der Waals surface area contributed by atoms with E-state index in [-0.39, 0.29) is 17.2 Å². The summed E-state index contributed by atoms with van der Waals surface area (Å²) >= 11 is 7.29. The molecular weight excluding hydrogens is 294 g/mol. The average Bonchev–Trinajstić information content (AvgIpc) is 2.67. The van der Waals surface area contributed by atoms with E-state index >= 15 is 0 Å². The predicted octanol–water partition coefficient (Wildman–Crippen LogP) is 3.80. The zero-order valence-corrected chi connectivity index (χ0v) is 12.6. The third-order valence-electron chi connectivity index (χ3n) is 3.72. The van der Waals surface area contributed by atoms with E-state index < -0.39 is 0 Å². The van der Waals surface area contributed by atoms with Crippen LogP contribution in [0.5, 0.6) is 0 Å². The quantitative estimate of drug-likeness (QED) is 0.678. The largest absolute Gasteiger partial charge is 0.349 e. The Kier molecular flexibility index (Phi) is 4.17. The maximum Gasteiger partial charge on any atom is 0.254 e. The van der Waals surface area contributed by atoms with Crippen LogP contribution in [0.3, 0.4) is 0 Å². The summed E-state index contributed by atoms with van der Waals surface area (Å²) < 4.78 is 0.889. The predicted molar refractivity (Wildman–Crippen MR) is 81.4 cm³/mol. The normalized spacial score (nSPS) is 17.1. The number of nitrogens with zero attached hydrogens (tertiary/aromatic N) is 2. The van der Waals surface area contributed by atoms with Gasteiger partial charge in [0.1, 0.15) is 0 Å². The molecule has 1 amide bonds. The van der Waals surface area contributed by atoms with Crippen LogP contribution in [0.1, 0.15) is 48.9 Å². The third kappa shape index (κ3) is 2.94. The van der Waals surface area contributed by atoms with Crippen LogP contribution in [0.4, 0.5) is 0 Å². The van der Waals surface area contributed by atoms with E-state index in [1.165, 1.54) is 37.0 Å². The Labute approximate surface area is 126 Å². The summed E-state index contributed by atoms with van der Waals surface area (Å²) in [5.74, 6) is -0.0436. The lowest BCUT2D eigenvalue weighted by Crippen LogP contribution is -2.34. The number of aromatic nitrogens is 2. The second-order valence-corrected chi connectivity index (χ2v) is 6.41. The molecule has 0 radical (unpaired) electrons. The second-order valence-electron chi connectivity index (χ2n) is 5.16. The summed E-state index contributed by atoms with van der Waals surface area (Å²) in [5, 5.41) is 5.15. The van der Waals surface area contributed by atoms with Gasteiger partial charge in [0.05, 0.1) is 15.8 Å². The first-order valence-corrected chi connectivity index (χ1v) is 8.20. The smallest absolute Gasteiger partial charge is 0.254 e. The molecule has 1 aliphatic carbocycles. The number of fused-ring (bicyclic) bond motifs is 1. The number of carbonyl (C=O) groups is 1. The SMILES string of the molecule is O=C(NC1CCCCCC1)c1csc2cnc(Cl)nc12. The van der Waals surface area contributed by atoms with Crippen LogP contribution in [0, 0.1) is 0 Å². The topological polar surface area (TPSA) is 54.9 Å². The highest BCUT2D eigenvalue weighted by atomic mass is 35.5. The molecule has 3 rings (SSSR count). The van der Waals surface area contributed by atoms with Gasteiger partial charge in [0.25, 0.3) is 5.91 Å². The van der Waals surface area contributed by atoms with Gasteiger partial charge in [0, 0.05) is 17.6 Å². The molecule has 1 fully saturated rings. The minimum absolute atomic E-state index is 0.0436. The van der Waals surface area contributed by atoms with Crippen molar-refractivity contribution in [3.05, 3.63) is 22.4 Å². The van der Waals surface area contributed by atoms with E-state index in [2.05, 4.69) is 15.3 Å². The molecule has 1 N–H and O–H groups in total. The number of amides is 1. The van der Waals surface area contributed by atoms with Gasteiger partial charge < -0.3 is 5.32 Å². The van der Waals surface area contributed by atoms with Crippen LogP contribution in [-0.2, 0) is 0 Å². The van der Waals surface area contributed by atoms with Crippen molar-refractivity contribution in [1.82, 2.24) is 15.3 Å². The monoisotopic (exact) mass is 309 g/mol. The molecule has 0 unspecified atom stereocenters. The summed E-state index contributed by atoms with van der Waals surface area (Å²) in [6, 6.07) is 0.289. The van der Waals surface area contributed by atoms with E-state index in [0.29, 0.717) is 11.1 Å². The van der Waals surface area contributed by atoms with Crippen molar-refractivity contribution in [1.29, 1.82) is 0 Å². The maximum atomic E-state index is 12.4. The lowest BCUT2D eigenvalue weighted by Gasteiger charge is -2.15. The standard InChI is InChI=1S/C14H16ClN3OS/c15-14-16-7-11-12(18-14)10(8-20-11)13(19)17-9-5-3-1-2-4-6-9/h7-9H,1-6H2,(H,17,19). The maximum absolute atomic E-state index is 12.4. The van der Waals surface area contributed by atoms with Crippen molar-refractivity contribution in [2.75, 3.05) is 0 Å². The zero-order chi connectivity index (χ0) is 13.9. The van der Waals surface area contributed by atoms with E-state index in [1.807, 2.05) is 5.38 Å². The summed E-state index contributed by atoms with van der Waals surface area (Å²) in [7, 11) is 0. The third-order valence-corrected chi connectivity index (χ3v) is 4.81. The number of thiophene rings is 1. The molecule has 2 aromatic rings. The average molecular weight is 310 g/mol. The van der Waals surface area contributed by atoms with Gasteiger partial charge in [-0.25, -0.2) is 9.97 Å². The van der Waals surface area contributed by atoms with E-state index in [9.17, 15) is 4.79 Å². The Morgan fingerprint density at radius 1 is 1.30 bits per heavy atom. The van der Waals surface area contributed by atoms with Crippen molar-refractivity contribution in [2.45, 2.75) is 44.6 Å². The van der Waals surface area contributed by atoms with Gasteiger partial charge in [0.2, 0.25) is 5.28 Å². The number of carbonyl (C=O) groups excluding carboxylic acids is 1. The van der Waals surface area contributed by atoms with Crippen molar-refractivity contribution in [3.63, 3.8) is 0 Å². The molecular formula is C14H16ClN3OS. The molecule has 2 aromatic heterocycles. The highest BCUT2D eigenvalue weighted by Crippen LogP contribution is 2.25. The van der Waals surface area contributed by atoms with Crippen LogP contribution in [0.15, 0.2) is 11.6 Å². The molecule has 0 saturated heterocycles. The Morgan fingerprint density at radius 3 is 2.80 bits per heavy atom. The molecule has 1 aliphatic rings. The fourth-order valence-corrected chi connectivity index (χ4v) is 3.63. The molecule has 6 heteroatoms. The molecule has 106 valence electrons. The van der Waals surface area contributed by atoms with Crippen LogP contribution in [-0.4, -0.2) is 21.9 Å². The number of nitrogens with one attached hydrogen (secondary N) is 1. The van der Waals surface area contributed by atoms with Crippen molar-refractivity contribution >= 4 is 39.1 Å². The number of hydrogen-bond donors (Lipinski definition) is 1. The molecule has 0 bridgehead atoms. The summed E-state index contributed by atoms with van der Waals surface area (Å²) in [4.78, 5) is 20.5. The summed E-state index contributed by atoms with van der Waals surface area (Å²) in [6.45, 7) is 0. The molecule has 2 heterocycles. The minimum atomic E-state index is -0.0436. The van der Waals surface area contributed by atoms with E-state index in [0.717, 1.165) is 17.5 Å². The Balaban J connectivity index is 1.79. The van der Waals surface area contributed by atoms with E-state index in [1.54, 1.807) is 6.20 Å². The van der Waals surface area contributed by atoms with Gasteiger partial charge in [-0.2, -0.15) is 0 Å². The number of halogens is 1. The van der Waals surface area contributed by atoms with Gasteiger partial charge in [-0.05, 0) is 24.4 Å². The van der Waals surface area contributed by atoms with Crippen LogP contribution in [0.2, 0.25) is 5.28 Å². The fourth-order valence-electron chi connectivity index (χ4n) is 2.65. The summed E-state index contributed by atoms with van der Waals surface area (Å²) in [5.41, 5.74) is 1.26. The number of rotatable bonds is 2. The molecule has 1 saturated carbocycles. The first-order chi connectivity index (χ1) is 9.74. The van der Waals surface area contributed by atoms with Crippen LogP contribution >= 0.6 is 22.9 Å². The Hall–Kier alpha value is -1.20. The Morgan fingerprint density at radius 2 is 2.05 bits per heavy atom. The summed E-state index contributed by atoms with van der Waals surface area (Å²) in [6.07, 6.45) is 8.75. The van der Waals surface area contributed by atoms with Crippen molar-refractivity contribution in [2.24, 2.45) is 0 Å². The molecule has 4 nitrogen and oxygen atoms in total. The minimum Gasteiger partial charge on any atom is -0.349 e. The van der Waals surface area contributed by atoms with Gasteiger partial charge in [-0.15, -0.1) is 11.3 Å². The van der Waals surface area contributed by atoms with Gasteiger partial charge in [0.15, 0.2) is 0 Å². The molecule has 0 atom stereocenters. The molecule has 20 heavy (non-hydrogen) atoms. The van der Waals surface area contributed by atoms with Crippen molar-refractivity contribution in [3.8, 4) is 0 Å². The first-order valence-electron chi connectivity index (χ1n) is 6.94. The van der Waals surface area contributed by atoms with Gasteiger partial charge in [-0.3, -0.25) is 4.79 Å². The molecule has 0 aliphatic heterocycles. The van der Waals surface area contributed by atoms with Crippen molar-refractivity contribution < 1.29 is 4.79 Å². The van der Waals surface area contributed by atoms with Crippen LogP contribution < -0.4 is 5.32 Å². The number of hydrogen-bond acceptors (Lipinski definition) is 4. The fraction of sp³-hybridized carbons (Fsp3) is 0.500. The lowest BCUT2D eigenvalue weighted by molar-refractivity contribution is 0.0935. The zero-order valence-electron chi connectivity index (χ0n) is 11.1. The van der Waals surface area contributed by atoms with Crippen LogP contribution in [0.25, 0.3) is 10.2 Å². The lowest BCUT2D eigenvalue weighted by atomic mass is 10.1. The second kappa shape index (κ2) is 6.06. The van der Waals surface area contributed by atoms with Gasteiger partial charge >= 0.3 is 0 Å².